The predicted octanol–water partition coefficient (Wildman–Crippen LogP) is 1.75. The highest BCUT2D eigenvalue weighted by atomic mass is 19.4. The van der Waals surface area contributed by atoms with Gasteiger partial charge < -0.3 is 15.6 Å². The Bertz CT molecular complexity index is 406. The van der Waals surface area contributed by atoms with Crippen molar-refractivity contribution >= 4 is 11.6 Å². The summed E-state index contributed by atoms with van der Waals surface area (Å²) in [6, 6.07) is 1.83. The first-order chi connectivity index (χ1) is 8.82. The number of rotatable bonds is 6. The highest BCUT2D eigenvalue weighted by Gasteiger charge is 2.31. The normalized spacial score (nSPS) is 11.7. The lowest BCUT2D eigenvalue weighted by Gasteiger charge is -2.13. The van der Waals surface area contributed by atoms with Crippen molar-refractivity contribution in [3.05, 3.63) is 17.7 Å². The summed E-state index contributed by atoms with van der Waals surface area (Å²) in [4.78, 5) is 5.92. The van der Waals surface area contributed by atoms with Gasteiger partial charge in [0.1, 0.15) is 11.6 Å². The van der Waals surface area contributed by atoms with Gasteiger partial charge in [0, 0.05) is 6.54 Å². The van der Waals surface area contributed by atoms with Crippen molar-refractivity contribution in [2.45, 2.75) is 12.6 Å². The number of nitrogens with one attached hydrogen (secondary N) is 2. The highest BCUT2D eigenvalue weighted by Crippen LogP contribution is 2.31. The van der Waals surface area contributed by atoms with Gasteiger partial charge in [-0.2, -0.15) is 13.2 Å². The molecule has 0 aliphatic carbocycles. The molecule has 1 rings (SSSR count). The molecule has 19 heavy (non-hydrogen) atoms. The Kier molecular flexibility index (Phi) is 5.37. The van der Waals surface area contributed by atoms with Gasteiger partial charge in [-0.15, -0.1) is 0 Å². The molecule has 4 N–H and O–H groups in total. The smallest absolute Gasteiger partial charge is 0.370 e. The fourth-order valence-electron chi connectivity index (χ4n) is 1.47. The number of halogens is 3. The van der Waals surface area contributed by atoms with Gasteiger partial charge >= 0.3 is 6.18 Å². The van der Waals surface area contributed by atoms with Crippen LogP contribution in [0.1, 0.15) is 12.0 Å². The van der Waals surface area contributed by atoms with E-state index in [4.69, 9.17) is 5.84 Å². The molecule has 0 unspecified atom stereocenters. The number of aromatic nitrogens is 1. The summed E-state index contributed by atoms with van der Waals surface area (Å²) in [7, 11) is 3.86. The molecule has 8 heteroatoms. The van der Waals surface area contributed by atoms with E-state index in [1.54, 1.807) is 0 Å². The van der Waals surface area contributed by atoms with Crippen LogP contribution >= 0.6 is 0 Å². The van der Waals surface area contributed by atoms with Gasteiger partial charge in [-0.25, -0.2) is 10.8 Å². The minimum Gasteiger partial charge on any atom is -0.370 e. The Morgan fingerprint density at radius 1 is 1.26 bits per heavy atom. The largest absolute Gasteiger partial charge is 0.416 e. The van der Waals surface area contributed by atoms with Crippen LogP contribution in [0.3, 0.4) is 0 Å². The van der Waals surface area contributed by atoms with Gasteiger partial charge in [0.2, 0.25) is 0 Å². The van der Waals surface area contributed by atoms with Crippen molar-refractivity contribution in [2.24, 2.45) is 5.84 Å². The zero-order chi connectivity index (χ0) is 14.5. The van der Waals surface area contributed by atoms with Crippen LogP contribution < -0.4 is 16.6 Å². The van der Waals surface area contributed by atoms with E-state index in [1.807, 2.05) is 19.0 Å². The van der Waals surface area contributed by atoms with Gasteiger partial charge in [0.05, 0.1) is 5.56 Å². The Morgan fingerprint density at radius 2 is 1.89 bits per heavy atom. The number of hydrogen-bond acceptors (Lipinski definition) is 5. The van der Waals surface area contributed by atoms with E-state index in [0.717, 1.165) is 25.1 Å². The molecule has 0 aromatic carbocycles. The molecule has 0 atom stereocenters. The average Bonchev–Trinajstić information content (AvgIpc) is 2.33. The summed E-state index contributed by atoms with van der Waals surface area (Å²) < 4.78 is 37.9. The van der Waals surface area contributed by atoms with Crippen LogP contribution in [0, 0.1) is 0 Å². The molecule has 0 aliphatic rings. The number of nitrogens with two attached hydrogens (primary N) is 1. The summed E-state index contributed by atoms with van der Waals surface area (Å²) in [5.74, 6) is 5.24. The molecular formula is C11H18F3N5. The molecule has 0 fully saturated rings. The van der Waals surface area contributed by atoms with Gasteiger partial charge in [0.25, 0.3) is 0 Å². The second-order valence-electron chi connectivity index (χ2n) is 4.35. The van der Waals surface area contributed by atoms with E-state index in [-0.39, 0.29) is 11.6 Å². The molecule has 108 valence electrons. The van der Waals surface area contributed by atoms with Crippen molar-refractivity contribution in [1.29, 1.82) is 0 Å². The molecule has 0 radical (unpaired) electrons. The van der Waals surface area contributed by atoms with Crippen molar-refractivity contribution in [1.82, 2.24) is 9.88 Å². The molecule has 0 amide bonds. The number of hydrazine groups is 1. The number of hydrogen-bond donors (Lipinski definition) is 3. The number of pyridine rings is 1. The summed E-state index contributed by atoms with van der Waals surface area (Å²) in [5, 5.41) is 2.85. The molecule has 0 bridgehead atoms. The molecule has 1 aromatic heterocycles. The maximum Gasteiger partial charge on any atom is 0.416 e. The number of nitrogen functional groups attached to an aromatic ring is 1. The van der Waals surface area contributed by atoms with Crippen LogP contribution in [0.25, 0.3) is 0 Å². The second kappa shape index (κ2) is 6.58. The predicted molar refractivity (Wildman–Crippen MR) is 68.7 cm³/mol. The van der Waals surface area contributed by atoms with Gasteiger partial charge in [0.15, 0.2) is 0 Å². The minimum atomic E-state index is -4.42. The van der Waals surface area contributed by atoms with Gasteiger partial charge in [-0.05, 0) is 39.2 Å². The maximum atomic E-state index is 12.6. The average molecular weight is 277 g/mol. The van der Waals surface area contributed by atoms with Crippen molar-refractivity contribution in [3.8, 4) is 0 Å². The first kappa shape index (κ1) is 15.5. The molecule has 1 aromatic rings. The third kappa shape index (κ3) is 5.31. The SMILES string of the molecule is CN(C)CCCNc1cc(C(F)(F)F)cc(NN)n1. The van der Waals surface area contributed by atoms with Crippen LogP contribution in [0.4, 0.5) is 24.8 Å². The van der Waals surface area contributed by atoms with Crippen molar-refractivity contribution in [2.75, 3.05) is 37.9 Å². The molecular weight excluding hydrogens is 259 g/mol. The highest BCUT2D eigenvalue weighted by molar-refractivity contribution is 5.49. The van der Waals surface area contributed by atoms with Crippen LogP contribution in [-0.4, -0.2) is 37.1 Å². The Morgan fingerprint density at radius 3 is 2.42 bits per heavy atom. The second-order valence-corrected chi connectivity index (χ2v) is 4.35. The molecule has 0 saturated carbocycles. The summed E-state index contributed by atoms with van der Waals surface area (Å²) >= 11 is 0. The standard InChI is InChI=1S/C11H18F3N5/c1-19(2)5-3-4-16-9-6-8(11(12,13)14)7-10(17-9)18-15/h6-7H,3-5,15H2,1-2H3,(H2,16,17,18). The van der Waals surface area contributed by atoms with Crippen LogP contribution in [0.2, 0.25) is 0 Å². The lowest BCUT2D eigenvalue weighted by Crippen LogP contribution is -2.17. The van der Waals surface area contributed by atoms with Gasteiger partial charge in [-0.3, -0.25) is 0 Å². The molecule has 0 spiro atoms. The van der Waals surface area contributed by atoms with Crippen molar-refractivity contribution < 1.29 is 13.2 Å². The fraction of sp³-hybridized carbons (Fsp3) is 0.545. The Labute approximate surface area is 110 Å². The third-order valence-corrected chi connectivity index (χ3v) is 2.39. The lowest BCUT2D eigenvalue weighted by molar-refractivity contribution is -0.137. The zero-order valence-electron chi connectivity index (χ0n) is 10.9. The fourth-order valence-corrected chi connectivity index (χ4v) is 1.47. The van der Waals surface area contributed by atoms with Crippen LogP contribution in [-0.2, 0) is 6.18 Å². The van der Waals surface area contributed by atoms with Gasteiger partial charge in [-0.1, -0.05) is 0 Å². The Balaban J connectivity index is 2.72. The van der Waals surface area contributed by atoms with E-state index in [2.05, 4.69) is 15.7 Å². The van der Waals surface area contributed by atoms with Crippen LogP contribution in [0.15, 0.2) is 12.1 Å². The quantitative estimate of drug-likeness (QED) is 0.420. The first-order valence-corrected chi connectivity index (χ1v) is 5.77. The van der Waals surface area contributed by atoms with Crippen molar-refractivity contribution in [3.63, 3.8) is 0 Å². The van der Waals surface area contributed by atoms with E-state index in [0.29, 0.717) is 6.54 Å². The summed E-state index contributed by atoms with van der Waals surface area (Å²) in [5.41, 5.74) is 1.34. The van der Waals surface area contributed by atoms with E-state index >= 15 is 0 Å². The number of alkyl halides is 3. The molecule has 0 aliphatic heterocycles. The Hall–Kier alpha value is -1.54. The maximum absolute atomic E-state index is 12.6. The zero-order valence-corrected chi connectivity index (χ0v) is 10.9. The molecule has 5 nitrogen and oxygen atoms in total. The van der Waals surface area contributed by atoms with E-state index in [1.165, 1.54) is 0 Å². The molecule has 1 heterocycles. The third-order valence-electron chi connectivity index (χ3n) is 2.39. The topological polar surface area (TPSA) is 66.2 Å². The first-order valence-electron chi connectivity index (χ1n) is 5.77. The molecule has 0 saturated heterocycles. The summed E-state index contributed by atoms with van der Waals surface area (Å²) in [6.07, 6.45) is -3.62. The number of nitrogens with zero attached hydrogens (tertiary/aromatic N) is 2. The lowest BCUT2D eigenvalue weighted by atomic mass is 10.2. The monoisotopic (exact) mass is 277 g/mol. The minimum absolute atomic E-state index is 0.0232. The van der Waals surface area contributed by atoms with E-state index in [9.17, 15) is 13.2 Å². The summed E-state index contributed by atoms with van der Waals surface area (Å²) in [6.45, 7) is 1.38. The number of anilines is 2. The van der Waals surface area contributed by atoms with E-state index < -0.39 is 11.7 Å². The van der Waals surface area contributed by atoms with Crippen LogP contribution in [0.5, 0.6) is 0 Å².